The Labute approximate surface area is 82.9 Å². The average Bonchev–Trinajstić information content (AvgIpc) is 2.16. The molecule has 0 saturated carbocycles. The molecule has 5 nitrogen and oxygen atoms in total. The first-order valence-electron chi connectivity index (χ1n) is 3.76. The molecule has 0 aliphatic carbocycles. The Morgan fingerprint density at radius 3 is 2.60 bits per heavy atom. The Balaban J connectivity index is 3.51. The Morgan fingerprint density at radius 2 is 2.20 bits per heavy atom. The Morgan fingerprint density at radius 1 is 1.60 bits per heavy atom. The number of halogens is 2. The molecular formula is C8H7F2NO4. The van der Waals surface area contributed by atoms with Gasteiger partial charge in [0.05, 0.1) is 18.9 Å². The van der Waals surface area contributed by atoms with Crippen molar-refractivity contribution in [3.63, 3.8) is 0 Å². The van der Waals surface area contributed by atoms with E-state index in [1.807, 2.05) is 0 Å². The molecule has 2 N–H and O–H groups in total. The lowest BCUT2D eigenvalue weighted by Gasteiger charge is -2.10. The number of methoxy groups -OCH3 is 1. The normalized spacial score (nSPS) is 10.4. The first-order valence-corrected chi connectivity index (χ1v) is 3.76. The van der Waals surface area contributed by atoms with Gasteiger partial charge in [0.1, 0.15) is 11.3 Å². The molecule has 1 aromatic heterocycles. The third-order valence-corrected chi connectivity index (χ3v) is 1.69. The van der Waals surface area contributed by atoms with E-state index in [2.05, 4.69) is 9.72 Å². The van der Waals surface area contributed by atoms with Gasteiger partial charge in [-0.1, -0.05) is 0 Å². The minimum atomic E-state index is -3.09. The summed E-state index contributed by atoms with van der Waals surface area (Å²) < 4.78 is 29.5. The zero-order valence-electron chi connectivity index (χ0n) is 7.57. The van der Waals surface area contributed by atoms with Crippen molar-refractivity contribution in [1.29, 1.82) is 0 Å². The van der Waals surface area contributed by atoms with Crippen LogP contribution in [0.1, 0.15) is 22.3 Å². The molecule has 0 spiro atoms. The molecule has 1 aromatic rings. The summed E-state index contributed by atoms with van der Waals surface area (Å²) >= 11 is 0. The van der Waals surface area contributed by atoms with Crippen LogP contribution >= 0.6 is 0 Å². The van der Waals surface area contributed by atoms with Gasteiger partial charge in [-0.05, 0) is 0 Å². The maximum absolute atomic E-state index is 12.5. The number of rotatable bonds is 3. The van der Waals surface area contributed by atoms with Crippen LogP contribution in [-0.2, 0) is 0 Å². The second-order valence-electron chi connectivity index (χ2n) is 2.55. The lowest BCUT2D eigenvalue weighted by molar-refractivity contribution is 0.0678. The van der Waals surface area contributed by atoms with E-state index in [0.29, 0.717) is 0 Å². The van der Waals surface area contributed by atoms with E-state index in [-0.39, 0.29) is 0 Å². The molecule has 15 heavy (non-hydrogen) atoms. The van der Waals surface area contributed by atoms with Crippen molar-refractivity contribution in [1.82, 2.24) is 4.98 Å². The lowest BCUT2D eigenvalue weighted by atomic mass is 10.1. The smallest absolute Gasteiger partial charge is 0.340 e. The van der Waals surface area contributed by atoms with Gasteiger partial charge >= 0.3 is 5.97 Å². The van der Waals surface area contributed by atoms with Crippen molar-refractivity contribution in [2.45, 2.75) is 6.43 Å². The van der Waals surface area contributed by atoms with Gasteiger partial charge < -0.3 is 14.9 Å². The van der Waals surface area contributed by atoms with Gasteiger partial charge in [-0.2, -0.15) is 0 Å². The summed E-state index contributed by atoms with van der Waals surface area (Å²) in [6, 6.07) is 0. The fourth-order valence-corrected chi connectivity index (χ4v) is 1.09. The highest BCUT2D eigenvalue weighted by atomic mass is 19.3. The predicted octanol–water partition coefficient (Wildman–Crippen LogP) is 1.43. The third-order valence-electron chi connectivity index (χ3n) is 1.69. The van der Waals surface area contributed by atoms with Crippen LogP contribution in [0.15, 0.2) is 6.20 Å². The van der Waals surface area contributed by atoms with Crippen LogP contribution < -0.4 is 4.74 Å². The summed E-state index contributed by atoms with van der Waals surface area (Å²) in [5, 5.41) is 17.7. The summed E-state index contributed by atoms with van der Waals surface area (Å²) in [5.74, 6) is -3.00. The summed E-state index contributed by atoms with van der Waals surface area (Å²) in [5.41, 5.74) is -1.82. The maximum atomic E-state index is 12.5. The number of aromatic hydroxyl groups is 1. The molecule has 7 heteroatoms. The van der Waals surface area contributed by atoms with Gasteiger partial charge in [-0.25, -0.2) is 18.6 Å². The van der Waals surface area contributed by atoms with Crippen molar-refractivity contribution in [3.8, 4) is 11.6 Å². The van der Waals surface area contributed by atoms with Crippen molar-refractivity contribution in [2.75, 3.05) is 7.11 Å². The molecule has 0 saturated heterocycles. The van der Waals surface area contributed by atoms with Gasteiger partial charge in [-0.3, -0.25) is 0 Å². The molecule has 1 heterocycles. The minimum Gasteiger partial charge on any atom is -0.505 e. The Kier molecular flexibility index (Phi) is 3.03. The summed E-state index contributed by atoms with van der Waals surface area (Å²) in [6.45, 7) is 0. The Bertz CT molecular complexity index is 394. The van der Waals surface area contributed by atoms with E-state index >= 15 is 0 Å². The molecule has 0 bridgehead atoms. The second-order valence-corrected chi connectivity index (χ2v) is 2.55. The zero-order chi connectivity index (χ0) is 11.6. The minimum absolute atomic E-state index is 0.514. The number of hydrogen-bond acceptors (Lipinski definition) is 4. The fraction of sp³-hybridized carbons (Fsp3) is 0.250. The van der Waals surface area contributed by atoms with E-state index in [0.717, 1.165) is 13.3 Å². The van der Waals surface area contributed by atoms with Gasteiger partial charge in [0.25, 0.3) is 6.43 Å². The molecule has 0 aromatic carbocycles. The fourth-order valence-electron chi connectivity index (χ4n) is 1.09. The maximum Gasteiger partial charge on any atom is 0.340 e. The highest BCUT2D eigenvalue weighted by Gasteiger charge is 2.27. The van der Waals surface area contributed by atoms with Crippen LogP contribution in [-0.4, -0.2) is 28.3 Å². The van der Waals surface area contributed by atoms with Crippen LogP contribution in [0.25, 0.3) is 0 Å². The third kappa shape index (κ3) is 1.95. The van der Waals surface area contributed by atoms with Gasteiger partial charge in [0, 0.05) is 0 Å². The predicted molar refractivity (Wildman–Crippen MR) is 44.4 cm³/mol. The molecular weight excluding hydrogens is 212 g/mol. The lowest BCUT2D eigenvalue weighted by Crippen LogP contribution is -2.07. The summed E-state index contributed by atoms with van der Waals surface area (Å²) in [6.07, 6.45) is -2.35. The second kappa shape index (κ2) is 4.07. The number of pyridine rings is 1. The highest BCUT2D eigenvalue weighted by Crippen LogP contribution is 2.34. The molecule has 0 fully saturated rings. The van der Waals surface area contributed by atoms with Crippen LogP contribution in [0.2, 0.25) is 0 Å². The Hall–Kier alpha value is -1.92. The topological polar surface area (TPSA) is 79.7 Å². The first-order chi connectivity index (χ1) is 6.99. The number of ether oxygens (including phenoxy) is 1. The number of alkyl halides is 2. The number of hydrogen-bond donors (Lipinski definition) is 2. The van der Waals surface area contributed by atoms with E-state index in [9.17, 15) is 13.6 Å². The molecule has 0 amide bonds. The molecule has 0 aliphatic heterocycles. The van der Waals surface area contributed by atoms with Gasteiger partial charge in [0.15, 0.2) is 0 Å². The van der Waals surface area contributed by atoms with Crippen LogP contribution in [0.3, 0.4) is 0 Å². The number of aromatic carboxylic acids is 1. The largest absolute Gasteiger partial charge is 0.505 e. The zero-order valence-corrected chi connectivity index (χ0v) is 7.57. The number of carboxylic acid groups (broad SMARTS) is 1. The van der Waals surface area contributed by atoms with Crippen molar-refractivity contribution >= 4 is 5.97 Å². The van der Waals surface area contributed by atoms with Crippen molar-refractivity contribution in [3.05, 3.63) is 17.3 Å². The molecule has 82 valence electrons. The first kappa shape index (κ1) is 11.2. The van der Waals surface area contributed by atoms with Crippen LogP contribution in [0.5, 0.6) is 11.6 Å². The number of carboxylic acids is 1. The summed E-state index contributed by atoms with van der Waals surface area (Å²) in [7, 11) is 1.08. The van der Waals surface area contributed by atoms with Crippen molar-refractivity contribution < 1.29 is 28.5 Å². The van der Waals surface area contributed by atoms with E-state index in [1.54, 1.807) is 0 Å². The van der Waals surface area contributed by atoms with E-state index < -0.39 is 35.2 Å². The van der Waals surface area contributed by atoms with Gasteiger partial charge in [-0.15, -0.1) is 0 Å². The quantitative estimate of drug-likeness (QED) is 0.803. The molecule has 0 unspecified atom stereocenters. The number of carbonyl (C=O) groups is 1. The molecule has 0 atom stereocenters. The monoisotopic (exact) mass is 219 g/mol. The molecule has 1 rings (SSSR count). The van der Waals surface area contributed by atoms with E-state index in [4.69, 9.17) is 10.2 Å². The number of aromatic nitrogens is 1. The van der Waals surface area contributed by atoms with Crippen LogP contribution in [0.4, 0.5) is 8.78 Å². The highest BCUT2D eigenvalue weighted by molar-refractivity contribution is 5.93. The summed E-state index contributed by atoms with van der Waals surface area (Å²) in [4.78, 5) is 14.0. The molecule has 0 aliphatic rings. The van der Waals surface area contributed by atoms with Gasteiger partial charge in [0.2, 0.25) is 5.88 Å². The SMILES string of the molecule is COc1ncc(O)c(C(=O)O)c1C(F)F. The van der Waals surface area contributed by atoms with E-state index in [1.165, 1.54) is 0 Å². The molecule has 0 radical (unpaired) electrons. The average molecular weight is 219 g/mol. The van der Waals surface area contributed by atoms with Crippen LogP contribution in [0, 0.1) is 0 Å². The standard InChI is InChI=1S/C8H7F2NO4/c1-15-7-5(6(9)10)4(8(13)14)3(12)2-11-7/h2,6,12H,1H3,(H,13,14). The van der Waals surface area contributed by atoms with Crippen molar-refractivity contribution in [2.24, 2.45) is 0 Å². The number of nitrogens with zero attached hydrogens (tertiary/aromatic N) is 1.